The molecule has 122 valence electrons. The summed E-state index contributed by atoms with van der Waals surface area (Å²) < 4.78 is 3.97. The van der Waals surface area contributed by atoms with E-state index >= 15 is 0 Å². The number of benzene rings is 1. The second-order valence-corrected chi connectivity index (χ2v) is 8.10. The van der Waals surface area contributed by atoms with E-state index in [1.165, 1.54) is 5.69 Å². The van der Waals surface area contributed by atoms with E-state index < -0.39 is 0 Å². The van der Waals surface area contributed by atoms with Gasteiger partial charge in [0.1, 0.15) is 0 Å². The zero-order valence-electron chi connectivity index (χ0n) is 14.2. The number of fused-ring (bicyclic) bond motifs is 5. The molecule has 3 nitrogen and oxygen atoms in total. The normalized spacial score (nSPS) is 27.4. The molecule has 0 radical (unpaired) electrons. The molecule has 1 fully saturated rings. The minimum absolute atomic E-state index is 0.0642. The second-order valence-electron chi connectivity index (χ2n) is 7.69. The number of hydrogen-bond donors (Lipinski definition) is 0. The highest BCUT2D eigenvalue weighted by Gasteiger charge is 2.62. The summed E-state index contributed by atoms with van der Waals surface area (Å²) in [6.07, 6.45) is 2.27. The van der Waals surface area contributed by atoms with Crippen molar-refractivity contribution in [3.63, 3.8) is 0 Å². The number of para-hydroxylation sites is 1. The van der Waals surface area contributed by atoms with Gasteiger partial charge in [-0.05, 0) is 43.2 Å². The number of nitrogens with zero attached hydrogens (tertiary/aromatic N) is 2. The number of rotatable bonds is 2. The Morgan fingerprint density at radius 3 is 2.61 bits per heavy atom. The maximum Gasteiger partial charge on any atom is 0.275 e. The van der Waals surface area contributed by atoms with Crippen molar-refractivity contribution in [3.05, 3.63) is 50.9 Å². The molecule has 2 atom stereocenters. The highest BCUT2D eigenvalue weighted by molar-refractivity contribution is 6.32. The summed E-state index contributed by atoms with van der Waals surface area (Å²) in [4.78, 5) is 13.3. The van der Waals surface area contributed by atoms with Crippen molar-refractivity contribution in [1.82, 2.24) is 9.36 Å². The van der Waals surface area contributed by atoms with Gasteiger partial charge in [-0.1, -0.05) is 44.5 Å². The standard InChI is InChI=1S/C19H23ClN2O/c1-5-21-16-15(12-10-11-19(16,4)18(12,2)3)17(23)22(21)14-9-7-6-8-13(14)20/h6-9,12H,5,10-11H2,1-4H3/t12-,19+/m0/s1. The van der Waals surface area contributed by atoms with E-state index in [4.69, 9.17) is 11.6 Å². The Kier molecular flexibility index (Phi) is 2.97. The average molecular weight is 331 g/mol. The summed E-state index contributed by atoms with van der Waals surface area (Å²) in [5.74, 6) is 0.358. The maximum absolute atomic E-state index is 13.3. The first-order chi connectivity index (χ1) is 10.8. The molecule has 4 heteroatoms. The first kappa shape index (κ1) is 15.1. The summed E-state index contributed by atoms with van der Waals surface area (Å²) in [6.45, 7) is 9.86. The van der Waals surface area contributed by atoms with Crippen LogP contribution in [0.1, 0.15) is 57.7 Å². The van der Waals surface area contributed by atoms with Crippen LogP contribution in [-0.4, -0.2) is 9.36 Å². The van der Waals surface area contributed by atoms with Crippen LogP contribution in [0.15, 0.2) is 29.1 Å². The Morgan fingerprint density at radius 2 is 1.96 bits per heavy atom. The quantitative estimate of drug-likeness (QED) is 0.797. The Bertz CT molecular complexity index is 861. The molecule has 0 saturated heterocycles. The Labute approximate surface area is 141 Å². The summed E-state index contributed by atoms with van der Waals surface area (Å²) in [7, 11) is 0. The fourth-order valence-corrected chi connectivity index (χ4v) is 5.27. The lowest BCUT2D eigenvalue weighted by atomic mass is 9.70. The number of aromatic nitrogens is 2. The molecule has 0 unspecified atom stereocenters. The molecule has 0 amide bonds. The van der Waals surface area contributed by atoms with Gasteiger partial charge in [-0.2, -0.15) is 0 Å². The van der Waals surface area contributed by atoms with Crippen molar-refractivity contribution in [2.75, 3.05) is 0 Å². The first-order valence-corrected chi connectivity index (χ1v) is 8.83. The van der Waals surface area contributed by atoms with Crippen molar-refractivity contribution in [2.45, 2.75) is 58.4 Å². The predicted octanol–water partition coefficient (Wildman–Crippen LogP) is 4.49. The van der Waals surface area contributed by atoms with Crippen LogP contribution in [0.25, 0.3) is 5.69 Å². The highest BCUT2D eigenvalue weighted by atomic mass is 35.5. The van der Waals surface area contributed by atoms with Gasteiger partial charge in [0.2, 0.25) is 0 Å². The third-order valence-corrected chi connectivity index (χ3v) is 6.97. The van der Waals surface area contributed by atoms with Crippen LogP contribution in [0.4, 0.5) is 0 Å². The van der Waals surface area contributed by atoms with Crippen LogP contribution in [0.2, 0.25) is 5.02 Å². The zero-order chi connectivity index (χ0) is 16.6. The molecule has 1 heterocycles. The van der Waals surface area contributed by atoms with Gasteiger partial charge < -0.3 is 0 Å². The minimum Gasteiger partial charge on any atom is -0.281 e. The van der Waals surface area contributed by atoms with Crippen molar-refractivity contribution < 1.29 is 0 Å². The molecular weight excluding hydrogens is 308 g/mol. The molecule has 23 heavy (non-hydrogen) atoms. The van der Waals surface area contributed by atoms with Gasteiger partial charge in [0.15, 0.2) is 0 Å². The molecule has 0 spiro atoms. The molecule has 2 aliphatic rings. The summed E-state index contributed by atoms with van der Waals surface area (Å²) in [5.41, 5.74) is 3.39. The van der Waals surface area contributed by atoms with E-state index in [1.807, 2.05) is 24.3 Å². The monoisotopic (exact) mass is 330 g/mol. The van der Waals surface area contributed by atoms with Gasteiger partial charge in [0, 0.05) is 17.5 Å². The van der Waals surface area contributed by atoms with Crippen molar-refractivity contribution in [3.8, 4) is 5.69 Å². The third kappa shape index (κ3) is 1.59. The van der Waals surface area contributed by atoms with Crippen LogP contribution in [0, 0.1) is 5.41 Å². The Morgan fingerprint density at radius 1 is 1.26 bits per heavy atom. The molecule has 2 aromatic rings. The van der Waals surface area contributed by atoms with Gasteiger partial charge in [-0.25, -0.2) is 4.68 Å². The zero-order valence-corrected chi connectivity index (χ0v) is 14.9. The van der Waals surface area contributed by atoms with Gasteiger partial charge in [-0.15, -0.1) is 0 Å². The van der Waals surface area contributed by atoms with Crippen molar-refractivity contribution in [2.24, 2.45) is 5.41 Å². The fraction of sp³-hybridized carbons (Fsp3) is 0.526. The highest BCUT2D eigenvalue weighted by Crippen LogP contribution is 2.67. The van der Waals surface area contributed by atoms with E-state index in [9.17, 15) is 4.79 Å². The summed E-state index contributed by atoms with van der Waals surface area (Å²) >= 11 is 6.39. The second kappa shape index (κ2) is 4.54. The lowest BCUT2D eigenvalue weighted by Crippen LogP contribution is -2.35. The fourth-order valence-electron chi connectivity index (χ4n) is 5.05. The molecule has 4 rings (SSSR count). The van der Waals surface area contributed by atoms with Gasteiger partial charge >= 0.3 is 0 Å². The number of hydrogen-bond acceptors (Lipinski definition) is 1. The predicted molar refractivity (Wildman–Crippen MR) is 93.8 cm³/mol. The molecule has 2 aliphatic carbocycles. The van der Waals surface area contributed by atoms with Crippen LogP contribution < -0.4 is 5.56 Å². The summed E-state index contributed by atoms with van der Waals surface area (Å²) in [6, 6.07) is 7.62. The molecular formula is C19H23ClN2O. The Hall–Kier alpha value is -1.48. The smallest absolute Gasteiger partial charge is 0.275 e. The first-order valence-electron chi connectivity index (χ1n) is 8.45. The van der Waals surface area contributed by atoms with Gasteiger partial charge in [0.25, 0.3) is 5.56 Å². The lowest BCUT2D eigenvalue weighted by molar-refractivity contribution is 0.216. The van der Waals surface area contributed by atoms with E-state index in [0.717, 1.165) is 30.6 Å². The Balaban J connectivity index is 2.08. The molecule has 1 aromatic carbocycles. The molecule has 0 aliphatic heterocycles. The molecule has 2 bridgehead atoms. The summed E-state index contributed by atoms with van der Waals surface area (Å²) in [5, 5.41) is 0.622. The average Bonchev–Trinajstić information content (AvgIpc) is 2.99. The molecule has 1 saturated carbocycles. The van der Waals surface area contributed by atoms with Crippen LogP contribution in [0.5, 0.6) is 0 Å². The van der Waals surface area contributed by atoms with Gasteiger partial charge in [-0.3, -0.25) is 9.48 Å². The van der Waals surface area contributed by atoms with E-state index in [-0.39, 0.29) is 16.4 Å². The van der Waals surface area contributed by atoms with E-state index in [2.05, 4.69) is 32.4 Å². The third-order valence-electron chi connectivity index (χ3n) is 6.66. The van der Waals surface area contributed by atoms with Crippen molar-refractivity contribution in [1.29, 1.82) is 0 Å². The van der Waals surface area contributed by atoms with E-state index in [1.54, 1.807) is 4.68 Å². The lowest BCUT2D eigenvalue weighted by Gasteiger charge is -2.36. The maximum atomic E-state index is 13.3. The van der Waals surface area contributed by atoms with Crippen molar-refractivity contribution >= 4 is 11.6 Å². The van der Waals surface area contributed by atoms with E-state index in [0.29, 0.717) is 10.9 Å². The topological polar surface area (TPSA) is 26.9 Å². The minimum atomic E-state index is 0.0642. The van der Waals surface area contributed by atoms with Crippen LogP contribution in [0.3, 0.4) is 0 Å². The SMILES string of the molecule is CCn1c2c(c(=O)n1-c1ccccc1Cl)[C@@H]1CC[C@@]2(C)C1(C)C. The molecule has 1 aromatic heterocycles. The number of halogens is 1. The molecule has 0 N–H and O–H groups in total. The largest absolute Gasteiger partial charge is 0.281 e. The van der Waals surface area contributed by atoms with Crippen LogP contribution >= 0.6 is 11.6 Å². The van der Waals surface area contributed by atoms with Crippen LogP contribution in [-0.2, 0) is 12.0 Å². The van der Waals surface area contributed by atoms with Gasteiger partial charge in [0.05, 0.1) is 16.4 Å².